The minimum absolute atomic E-state index is 0.457. The molecule has 6 rings (SSSR count). The predicted octanol–water partition coefficient (Wildman–Crippen LogP) is 9.11. The molecule has 0 atom stereocenters. The molecule has 2 nitrogen and oxygen atoms in total. The molecule has 0 aliphatic carbocycles. The molecule has 0 aliphatic rings. The maximum absolute atomic E-state index is 6.42. The predicted molar refractivity (Wildman–Crippen MR) is 142 cm³/mol. The second-order valence-electron chi connectivity index (χ2n) is 9.07. The maximum atomic E-state index is 6.42. The van der Waals surface area contributed by atoms with E-state index in [1.54, 1.807) is 0 Å². The number of fused-ring (bicyclic) bond motifs is 2. The largest absolute Gasteiger partial charge is 0.456 e. The number of furan rings is 1. The van der Waals surface area contributed by atoms with Crippen LogP contribution in [0.15, 0.2) is 114 Å². The van der Waals surface area contributed by atoms with Crippen molar-refractivity contribution in [1.29, 1.82) is 0 Å². The number of aromatic nitrogens is 1. The smallest absolute Gasteiger partial charge is 0.136 e. The molecule has 34 heavy (non-hydrogen) atoms. The van der Waals surface area contributed by atoms with E-state index in [-0.39, 0.29) is 0 Å². The van der Waals surface area contributed by atoms with Crippen LogP contribution < -0.4 is 0 Å². The summed E-state index contributed by atoms with van der Waals surface area (Å²) in [6.07, 6.45) is 1.90. The quantitative estimate of drug-likeness (QED) is 0.274. The van der Waals surface area contributed by atoms with Crippen molar-refractivity contribution in [3.63, 3.8) is 0 Å². The Bertz CT molecular complexity index is 1610. The van der Waals surface area contributed by atoms with Gasteiger partial charge in [0.25, 0.3) is 0 Å². The van der Waals surface area contributed by atoms with E-state index in [1.807, 2.05) is 24.4 Å². The van der Waals surface area contributed by atoms with Crippen LogP contribution in [0.2, 0.25) is 0 Å². The van der Waals surface area contributed by atoms with Crippen LogP contribution in [0.1, 0.15) is 25.3 Å². The third-order valence-electron chi connectivity index (χ3n) is 6.51. The molecule has 0 unspecified atom stereocenters. The van der Waals surface area contributed by atoms with Gasteiger partial charge in [0.2, 0.25) is 0 Å². The molecular formula is C32H25NO. The monoisotopic (exact) mass is 439 g/mol. The van der Waals surface area contributed by atoms with Crippen LogP contribution in [0, 0.1) is 0 Å². The fourth-order valence-electron chi connectivity index (χ4n) is 4.65. The van der Waals surface area contributed by atoms with E-state index in [1.165, 1.54) is 16.3 Å². The van der Waals surface area contributed by atoms with Gasteiger partial charge in [-0.25, -0.2) is 0 Å². The van der Waals surface area contributed by atoms with Gasteiger partial charge in [-0.05, 0) is 58.3 Å². The van der Waals surface area contributed by atoms with Crippen LogP contribution >= 0.6 is 0 Å². The zero-order valence-corrected chi connectivity index (χ0v) is 19.3. The molecule has 0 saturated heterocycles. The average molecular weight is 440 g/mol. The van der Waals surface area contributed by atoms with Crippen LogP contribution in [0.25, 0.3) is 55.4 Å². The summed E-state index contributed by atoms with van der Waals surface area (Å²) in [5.41, 5.74) is 7.62. The highest BCUT2D eigenvalue weighted by atomic mass is 16.3. The lowest BCUT2D eigenvalue weighted by Crippen LogP contribution is -1.91. The first-order chi connectivity index (χ1) is 16.7. The Morgan fingerprint density at radius 3 is 2.12 bits per heavy atom. The second-order valence-corrected chi connectivity index (χ2v) is 9.07. The molecule has 0 spiro atoms. The second kappa shape index (κ2) is 8.31. The summed E-state index contributed by atoms with van der Waals surface area (Å²) in [6.45, 7) is 4.45. The number of pyridine rings is 1. The van der Waals surface area contributed by atoms with Crippen molar-refractivity contribution < 1.29 is 4.42 Å². The molecule has 0 fully saturated rings. The van der Waals surface area contributed by atoms with Crippen molar-refractivity contribution >= 4 is 21.7 Å². The molecule has 0 amide bonds. The fourth-order valence-corrected chi connectivity index (χ4v) is 4.65. The number of hydrogen-bond acceptors (Lipinski definition) is 2. The van der Waals surface area contributed by atoms with Gasteiger partial charge in [0, 0.05) is 28.1 Å². The van der Waals surface area contributed by atoms with Crippen LogP contribution in [0.3, 0.4) is 0 Å². The van der Waals surface area contributed by atoms with Gasteiger partial charge in [0.05, 0.1) is 5.69 Å². The third kappa shape index (κ3) is 3.58. The van der Waals surface area contributed by atoms with Gasteiger partial charge in [0.1, 0.15) is 11.3 Å². The highest BCUT2D eigenvalue weighted by molar-refractivity contribution is 6.02. The first-order valence-corrected chi connectivity index (χ1v) is 11.7. The molecule has 164 valence electrons. The number of rotatable bonds is 4. The molecule has 0 saturated carbocycles. The Morgan fingerprint density at radius 1 is 0.647 bits per heavy atom. The van der Waals surface area contributed by atoms with Crippen molar-refractivity contribution in [3.8, 4) is 33.7 Å². The molecule has 2 heterocycles. The Hall–Kier alpha value is -4.17. The van der Waals surface area contributed by atoms with E-state index in [4.69, 9.17) is 9.40 Å². The standard InChI is InChI=1S/C32H25NO/c1-21(2)25-14-13-23-15-16-33-32(28(23)17-25)26-18-27(22-9-5-3-6-10-22)29-20-30(34-31(29)19-26)24-11-7-4-8-12-24/h3-21H,1-2H3. The fraction of sp³-hybridized carbons (Fsp3) is 0.0938. The number of benzene rings is 4. The molecule has 0 N–H and O–H groups in total. The van der Waals surface area contributed by atoms with E-state index in [0.717, 1.165) is 44.7 Å². The Kier molecular flexibility index (Phi) is 5.00. The Morgan fingerprint density at radius 2 is 1.38 bits per heavy atom. The van der Waals surface area contributed by atoms with Gasteiger partial charge in [-0.1, -0.05) is 86.6 Å². The zero-order valence-electron chi connectivity index (χ0n) is 19.3. The van der Waals surface area contributed by atoms with E-state index >= 15 is 0 Å². The number of hydrogen-bond donors (Lipinski definition) is 0. The molecular weight excluding hydrogens is 414 g/mol. The Balaban J connectivity index is 1.63. The van der Waals surface area contributed by atoms with Crippen molar-refractivity contribution in [2.45, 2.75) is 19.8 Å². The van der Waals surface area contributed by atoms with Gasteiger partial charge < -0.3 is 4.42 Å². The number of nitrogens with zero attached hydrogens (tertiary/aromatic N) is 1. The normalized spacial score (nSPS) is 11.5. The topological polar surface area (TPSA) is 26.0 Å². The van der Waals surface area contributed by atoms with E-state index in [9.17, 15) is 0 Å². The van der Waals surface area contributed by atoms with Crippen LogP contribution in [-0.2, 0) is 0 Å². The summed E-state index contributed by atoms with van der Waals surface area (Å²) in [5, 5.41) is 3.47. The lowest BCUT2D eigenvalue weighted by Gasteiger charge is -2.12. The minimum Gasteiger partial charge on any atom is -0.456 e. The highest BCUT2D eigenvalue weighted by Gasteiger charge is 2.16. The summed E-state index contributed by atoms with van der Waals surface area (Å²) in [6, 6.07) is 36.1. The summed E-state index contributed by atoms with van der Waals surface area (Å²) in [4.78, 5) is 4.84. The first kappa shape index (κ1) is 20.4. The minimum atomic E-state index is 0.457. The van der Waals surface area contributed by atoms with Gasteiger partial charge >= 0.3 is 0 Å². The van der Waals surface area contributed by atoms with E-state index in [0.29, 0.717) is 5.92 Å². The molecule has 2 heteroatoms. The lowest BCUT2D eigenvalue weighted by atomic mass is 9.94. The molecule has 6 aromatic rings. The lowest BCUT2D eigenvalue weighted by molar-refractivity contribution is 0.632. The molecule has 0 bridgehead atoms. The summed E-state index contributed by atoms with van der Waals surface area (Å²) in [7, 11) is 0. The summed E-state index contributed by atoms with van der Waals surface area (Å²) in [5.74, 6) is 1.33. The van der Waals surface area contributed by atoms with Gasteiger partial charge in [-0.2, -0.15) is 0 Å². The zero-order chi connectivity index (χ0) is 23.1. The van der Waals surface area contributed by atoms with Crippen LogP contribution in [0.5, 0.6) is 0 Å². The molecule has 2 aromatic heterocycles. The van der Waals surface area contributed by atoms with Gasteiger partial charge in [0.15, 0.2) is 0 Å². The van der Waals surface area contributed by atoms with Crippen LogP contribution in [0.4, 0.5) is 0 Å². The third-order valence-corrected chi connectivity index (χ3v) is 6.51. The van der Waals surface area contributed by atoms with Gasteiger partial charge in [-0.15, -0.1) is 0 Å². The highest BCUT2D eigenvalue weighted by Crippen LogP contribution is 2.39. The van der Waals surface area contributed by atoms with E-state index < -0.39 is 0 Å². The maximum Gasteiger partial charge on any atom is 0.136 e. The summed E-state index contributed by atoms with van der Waals surface area (Å²) < 4.78 is 6.42. The van der Waals surface area contributed by atoms with Crippen molar-refractivity contribution in [3.05, 3.63) is 115 Å². The van der Waals surface area contributed by atoms with Crippen molar-refractivity contribution in [2.75, 3.05) is 0 Å². The first-order valence-electron chi connectivity index (χ1n) is 11.7. The molecule has 4 aromatic carbocycles. The summed E-state index contributed by atoms with van der Waals surface area (Å²) >= 11 is 0. The van der Waals surface area contributed by atoms with Crippen molar-refractivity contribution in [1.82, 2.24) is 4.98 Å². The molecule has 0 radical (unpaired) electrons. The SMILES string of the molecule is CC(C)c1ccc2ccnc(-c3cc(-c4ccccc4)c4cc(-c5ccccc5)oc4c3)c2c1. The molecule has 0 aliphatic heterocycles. The van der Waals surface area contributed by atoms with Gasteiger partial charge in [-0.3, -0.25) is 4.98 Å². The van der Waals surface area contributed by atoms with Crippen molar-refractivity contribution in [2.24, 2.45) is 0 Å². The van der Waals surface area contributed by atoms with E-state index in [2.05, 4.69) is 98.8 Å². The van der Waals surface area contributed by atoms with Crippen LogP contribution in [-0.4, -0.2) is 4.98 Å². The average Bonchev–Trinajstić information content (AvgIpc) is 3.33. The Labute approximate surface area is 199 Å².